The fourth-order valence-electron chi connectivity index (χ4n) is 2.10. The number of rotatable bonds is 5. The third-order valence-electron chi connectivity index (χ3n) is 3.06. The highest BCUT2D eigenvalue weighted by atomic mass is 16.4. The Labute approximate surface area is 102 Å². The van der Waals surface area contributed by atoms with Crippen LogP contribution in [0, 0.1) is 0 Å². The van der Waals surface area contributed by atoms with Crippen molar-refractivity contribution >= 4 is 6.01 Å². The number of nitrogens with one attached hydrogen (secondary N) is 2. The molecule has 2 rings (SSSR count). The Bertz CT molecular complexity index is 331. The van der Waals surface area contributed by atoms with Crippen molar-refractivity contribution in [2.24, 2.45) is 0 Å². The molecule has 0 unspecified atom stereocenters. The first-order chi connectivity index (χ1) is 8.24. The smallest absolute Gasteiger partial charge is 0.315 e. The van der Waals surface area contributed by atoms with E-state index < -0.39 is 0 Å². The zero-order chi connectivity index (χ0) is 12.1. The standard InChI is InChI=1S/C12H22N4O/c1-9(2)13-8-11-15-16-12(17-11)14-10-6-4-3-5-7-10/h9-10,13H,3-8H2,1-2H3,(H,14,16). The van der Waals surface area contributed by atoms with E-state index in [1.165, 1.54) is 32.1 Å². The van der Waals surface area contributed by atoms with Crippen molar-refractivity contribution in [1.82, 2.24) is 15.5 Å². The van der Waals surface area contributed by atoms with E-state index in [4.69, 9.17) is 4.42 Å². The molecule has 5 heteroatoms. The first kappa shape index (κ1) is 12.4. The number of nitrogens with zero attached hydrogens (tertiary/aromatic N) is 2. The summed E-state index contributed by atoms with van der Waals surface area (Å²) < 4.78 is 5.54. The Kier molecular flexibility index (Phi) is 4.36. The van der Waals surface area contributed by atoms with Gasteiger partial charge in [0.15, 0.2) is 0 Å². The molecule has 1 aliphatic rings. The van der Waals surface area contributed by atoms with Crippen LogP contribution in [0.3, 0.4) is 0 Å². The molecular formula is C12H22N4O. The van der Waals surface area contributed by atoms with Crippen LogP contribution < -0.4 is 10.6 Å². The van der Waals surface area contributed by atoms with Crippen LogP contribution in [0.15, 0.2) is 4.42 Å². The van der Waals surface area contributed by atoms with Gasteiger partial charge in [0.25, 0.3) is 0 Å². The lowest BCUT2D eigenvalue weighted by atomic mass is 9.96. The predicted molar refractivity (Wildman–Crippen MR) is 66.8 cm³/mol. The summed E-state index contributed by atoms with van der Waals surface area (Å²) in [6.45, 7) is 4.83. The Balaban J connectivity index is 1.80. The minimum Gasteiger partial charge on any atom is -0.407 e. The van der Waals surface area contributed by atoms with Crippen LogP contribution in [0.1, 0.15) is 51.8 Å². The van der Waals surface area contributed by atoms with Gasteiger partial charge in [-0.2, -0.15) is 0 Å². The molecule has 5 nitrogen and oxygen atoms in total. The van der Waals surface area contributed by atoms with Gasteiger partial charge >= 0.3 is 6.01 Å². The number of hydrogen-bond donors (Lipinski definition) is 2. The fourth-order valence-corrected chi connectivity index (χ4v) is 2.10. The largest absolute Gasteiger partial charge is 0.407 e. The maximum Gasteiger partial charge on any atom is 0.315 e. The van der Waals surface area contributed by atoms with Crippen LogP contribution in [0.25, 0.3) is 0 Å². The third kappa shape index (κ3) is 4.00. The number of anilines is 1. The van der Waals surface area contributed by atoms with Crippen LogP contribution in [0.4, 0.5) is 6.01 Å². The zero-order valence-electron chi connectivity index (χ0n) is 10.7. The molecule has 17 heavy (non-hydrogen) atoms. The monoisotopic (exact) mass is 238 g/mol. The van der Waals surface area contributed by atoms with Crippen LogP contribution in [0.5, 0.6) is 0 Å². The van der Waals surface area contributed by atoms with E-state index in [1.807, 2.05) is 0 Å². The van der Waals surface area contributed by atoms with E-state index in [2.05, 4.69) is 34.7 Å². The summed E-state index contributed by atoms with van der Waals surface area (Å²) in [5.74, 6) is 0.650. The molecule has 96 valence electrons. The summed E-state index contributed by atoms with van der Waals surface area (Å²) in [7, 11) is 0. The topological polar surface area (TPSA) is 63.0 Å². The molecule has 0 amide bonds. The molecule has 0 saturated heterocycles. The van der Waals surface area contributed by atoms with Crippen molar-refractivity contribution in [2.45, 2.75) is 64.6 Å². The summed E-state index contributed by atoms with van der Waals surface area (Å²) in [4.78, 5) is 0. The maximum absolute atomic E-state index is 5.54. The molecule has 1 aromatic heterocycles. The lowest BCUT2D eigenvalue weighted by Crippen LogP contribution is -2.22. The Morgan fingerprint density at radius 3 is 2.71 bits per heavy atom. The van der Waals surface area contributed by atoms with Crippen LogP contribution in [-0.2, 0) is 6.54 Å². The summed E-state index contributed by atoms with van der Waals surface area (Å²) in [5.41, 5.74) is 0. The summed E-state index contributed by atoms with van der Waals surface area (Å²) in [5, 5.41) is 14.6. The molecule has 0 bridgehead atoms. The molecule has 1 saturated carbocycles. The fraction of sp³-hybridized carbons (Fsp3) is 0.833. The molecule has 0 aliphatic heterocycles. The van der Waals surface area contributed by atoms with Crippen molar-refractivity contribution in [3.05, 3.63) is 5.89 Å². The van der Waals surface area contributed by atoms with E-state index in [9.17, 15) is 0 Å². The molecule has 1 heterocycles. The molecule has 1 fully saturated rings. The molecule has 0 aromatic carbocycles. The van der Waals surface area contributed by atoms with Crippen molar-refractivity contribution in [3.8, 4) is 0 Å². The average molecular weight is 238 g/mol. The highest BCUT2D eigenvalue weighted by Gasteiger charge is 2.15. The van der Waals surface area contributed by atoms with E-state index in [1.54, 1.807) is 0 Å². The van der Waals surface area contributed by atoms with E-state index in [-0.39, 0.29) is 0 Å². The second-order valence-corrected chi connectivity index (χ2v) is 5.02. The number of aromatic nitrogens is 2. The van der Waals surface area contributed by atoms with Crippen LogP contribution in [0.2, 0.25) is 0 Å². The van der Waals surface area contributed by atoms with Gasteiger partial charge in [-0.3, -0.25) is 0 Å². The second-order valence-electron chi connectivity index (χ2n) is 5.02. The van der Waals surface area contributed by atoms with Crippen molar-refractivity contribution in [1.29, 1.82) is 0 Å². The number of hydrogen-bond acceptors (Lipinski definition) is 5. The molecule has 1 aromatic rings. The minimum atomic E-state index is 0.427. The highest BCUT2D eigenvalue weighted by molar-refractivity contribution is 5.19. The molecule has 0 spiro atoms. The zero-order valence-corrected chi connectivity index (χ0v) is 10.7. The van der Waals surface area contributed by atoms with E-state index >= 15 is 0 Å². The van der Waals surface area contributed by atoms with Crippen molar-refractivity contribution < 1.29 is 4.42 Å². The van der Waals surface area contributed by atoms with Gasteiger partial charge in [-0.25, -0.2) is 0 Å². The predicted octanol–water partition coefficient (Wildman–Crippen LogP) is 2.31. The van der Waals surface area contributed by atoms with Gasteiger partial charge in [0.05, 0.1) is 6.54 Å². The van der Waals surface area contributed by atoms with E-state index in [0.717, 1.165) is 0 Å². The third-order valence-corrected chi connectivity index (χ3v) is 3.06. The van der Waals surface area contributed by atoms with Crippen molar-refractivity contribution in [3.63, 3.8) is 0 Å². The lowest BCUT2D eigenvalue weighted by Gasteiger charge is -2.21. The molecule has 2 N–H and O–H groups in total. The first-order valence-electron chi connectivity index (χ1n) is 6.56. The van der Waals surface area contributed by atoms with Gasteiger partial charge in [0, 0.05) is 12.1 Å². The molecule has 0 radical (unpaired) electrons. The molecular weight excluding hydrogens is 216 g/mol. The highest BCUT2D eigenvalue weighted by Crippen LogP contribution is 2.20. The van der Waals surface area contributed by atoms with Crippen LogP contribution in [-0.4, -0.2) is 22.3 Å². The minimum absolute atomic E-state index is 0.427. The Morgan fingerprint density at radius 1 is 1.24 bits per heavy atom. The lowest BCUT2D eigenvalue weighted by molar-refractivity contribution is 0.430. The van der Waals surface area contributed by atoms with Crippen LogP contribution >= 0.6 is 0 Å². The summed E-state index contributed by atoms with van der Waals surface area (Å²) >= 11 is 0. The first-order valence-corrected chi connectivity index (χ1v) is 6.56. The summed E-state index contributed by atoms with van der Waals surface area (Å²) in [6.07, 6.45) is 6.37. The molecule has 1 aliphatic carbocycles. The second kappa shape index (κ2) is 6.00. The normalized spacial score (nSPS) is 17.6. The SMILES string of the molecule is CC(C)NCc1nnc(NC2CCCCC2)o1. The maximum atomic E-state index is 5.54. The Morgan fingerprint density at radius 2 is 2.00 bits per heavy atom. The average Bonchev–Trinajstić information content (AvgIpc) is 2.75. The van der Waals surface area contributed by atoms with Gasteiger partial charge in [-0.15, -0.1) is 5.10 Å². The Hall–Kier alpha value is -1.10. The van der Waals surface area contributed by atoms with Gasteiger partial charge in [0.2, 0.25) is 5.89 Å². The van der Waals surface area contributed by atoms with Gasteiger partial charge in [-0.1, -0.05) is 38.2 Å². The van der Waals surface area contributed by atoms with Gasteiger partial charge in [0.1, 0.15) is 0 Å². The van der Waals surface area contributed by atoms with Gasteiger partial charge < -0.3 is 15.1 Å². The van der Waals surface area contributed by atoms with Crippen molar-refractivity contribution in [2.75, 3.05) is 5.32 Å². The van der Waals surface area contributed by atoms with E-state index in [0.29, 0.717) is 30.5 Å². The quantitative estimate of drug-likeness (QED) is 0.824. The summed E-state index contributed by atoms with van der Waals surface area (Å²) in [6, 6.07) is 1.50. The van der Waals surface area contributed by atoms with Gasteiger partial charge in [-0.05, 0) is 12.8 Å². The molecule has 0 atom stereocenters.